The predicted octanol–water partition coefficient (Wildman–Crippen LogP) is 2.11. The van der Waals surface area contributed by atoms with Crippen molar-refractivity contribution >= 4 is 5.91 Å². The molecule has 0 bridgehead atoms. The second-order valence-electron chi connectivity index (χ2n) is 8.07. The van der Waals surface area contributed by atoms with Gasteiger partial charge in [-0.25, -0.2) is 0 Å². The lowest BCUT2D eigenvalue weighted by Crippen LogP contribution is -2.33. The van der Waals surface area contributed by atoms with Gasteiger partial charge in [0.1, 0.15) is 5.75 Å². The number of carbonyl (C=O) groups is 1. The van der Waals surface area contributed by atoms with Gasteiger partial charge < -0.3 is 10.1 Å². The number of rotatable bonds is 7. The highest BCUT2D eigenvalue weighted by Crippen LogP contribution is 2.26. The molecule has 1 saturated carbocycles. The van der Waals surface area contributed by atoms with E-state index in [4.69, 9.17) is 9.84 Å². The molecule has 1 aromatic carbocycles. The van der Waals surface area contributed by atoms with Crippen molar-refractivity contribution in [1.82, 2.24) is 30.2 Å². The number of fused-ring (bicyclic) bond motifs is 1. The molecule has 8 nitrogen and oxygen atoms in total. The first kappa shape index (κ1) is 18.9. The van der Waals surface area contributed by atoms with E-state index in [0.717, 1.165) is 60.6 Å². The van der Waals surface area contributed by atoms with Crippen molar-refractivity contribution in [1.29, 1.82) is 0 Å². The van der Waals surface area contributed by atoms with Crippen LogP contribution in [0.15, 0.2) is 36.5 Å². The predicted molar refractivity (Wildman–Crippen MR) is 111 cm³/mol. The number of aromatic nitrogens is 4. The summed E-state index contributed by atoms with van der Waals surface area (Å²) >= 11 is 0. The Balaban J connectivity index is 1.43. The topological polar surface area (TPSA) is 88.1 Å². The Morgan fingerprint density at radius 1 is 1.30 bits per heavy atom. The van der Waals surface area contributed by atoms with Crippen molar-refractivity contribution in [2.75, 3.05) is 13.7 Å². The number of benzene rings is 1. The van der Waals surface area contributed by atoms with Gasteiger partial charge in [-0.05, 0) is 36.6 Å². The lowest BCUT2D eigenvalue weighted by atomic mass is 10.0. The lowest BCUT2D eigenvalue weighted by Gasteiger charge is -2.27. The molecule has 0 radical (unpaired) electrons. The quantitative estimate of drug-likeness (QED) is 0.628. The minimum atomic E-state index is -0.0541. The molecule has 1 fully saturated rings. The molecule has 2 aromatic heterocycles. The number of methoxy groups -OCH3 is 1. The van der Waals surface area contributed by atoms with Crippen LogP contribution >= 0.6 is 0 Å². The van der Waals surface area contributed by atoms with Crippen molar-refractivity contribution in [2.24, 2.45) is 0 Å². The summed E-state index contributed by atoms with van der Waals surface area (Å²) in [4.78, 5) is 15.2. The van der Waals surface area contributed by atoms with Crippen molar-refractivity contribution in [3.8, 4) is 5.75 Å². The molecule has 8 heteroatoms. The third-order valence-electron chi connectivity index (χ3n) is 5.76. The molecule has 2 aliphatic rings. The summed E-state index contributed by atoms with van der Waals surface area (Å²) < 4.78 is 7.35. The monoisotopic (exact) mass is 406 g/mol. The van der Waals surface area contributed by atoms with Crippen LogP contribution in [0, 0.1) is 0 Å². The summed E-state index contributed by atoms with van der Waals surface area (Å²) in [7, 11) is 1.67. The highest BCUT2D eigenvalue weighted by atomic mass is 16.5. The third-order valence-corrected chi connectivity index (χ3v) is 5.76. The first-order valence-electron chi connectivity index (χ1n) is 10.4. The summed E-state index contributed by atoms with van der Waals surface area (Å²) in [5.74, 6) is 0.771. The van der Waals surface area contributed by atoms with E-state index in [9.17, 15) is 4.79 Å². The number of H-pyrrole nitrogens is 1. The molecular formula is C22H26N6O2. The van der Waals surface area contributed by atoms with E-state index in [1.807, 2.05) is 28.9 Å². The highest BCUT2D eigenvalue weighted by molar-refractivity contribution is 5.94. The molecule has 0 spiro atoms. The van der Waals surface area contributed by atoms with Gasteiger partial charge in [0.15, 0.2) is 5.69 Å². The maximum Gasteiger partial charge on any atom is 0.272 e. The highest BCUT2D eigenvalue weighted by Gasteiger charge is 2.31. The molecule has 3 heterocycles. The molecule has 30 heavy (non-hydrogen) atoms. The zero-order chi connectivity index (χ0) is 20.5. The molecule has 1 amide bonds. The standard InChI is InChI=1S/C22H26N6O2/c1-30-18-4-2-3-15(11-18)12-28-20-8-10-27(13-17-7-9-23-25-17)14-19(20)21(26-28)22(29)24-16-5-6-16/h2-4,7,9,11,16H,5-6,8,10,12-14H2,1H3,(H,23,25)(H,24,29). The molecular weight excluding hydrogens is 380 g/mol. The number of aromatic amines is 1. The number of hydrogen-bond donors (Lipinski definition) is 2. The van der Waals surface area contributed by atoms with Crippen molar-refractivity contribution in [2.45, 2.75) is 44.9 Å². The second-order valence-corrected chi connectivity index (χ2v) is 8.07. The van der Waals surface area contributed by atoms with E-state index in [0.29, 0.717) is 24.8 Å². The van der Waals surface area contributed by atoms with Gasteiger partial charge in [-0.2, -0.15) is 10.2 Å². The van der Waals surface area contributed by atoms with Crippen LogP contribution in [0.3, 0.4) is 0 Å². The van der Waals surface area contributed by atoms with Gasteiger partial charge in [0.2, 0.25) is 0 Å². The molecule has 156 valence electrons. The van der Waals surface area contributed by atoms with E-state index < -0.39 is 0 Å². The lowest BCUT2D eigenvalue weighted by molar-refractivity contribution is 0.0943. The van der Waals surface area contributed by atoms with Gasteiger partial charge in [-0.3, -0.25) is 19.5 Å². The Bertz CT molecular complexity index is 1040. The minimum Gasteiger partial charge on any atom is -0.497 e. The van der Waals surface area contributed by atoms with Crippen LogP contribution in [0.25, 0.3) is 0 Å². The fourth-order valence-electron chi connectivity index (χ4n) is 4.03. The maximum absolute atomic E-state index is 12.9. The average molecular weight is 406 g/mol. The second kappa shape index (κ2) is 7.95. The largest absolute Gasteiger partial charge is 0.497 e. The van der Waals surface area contributed by atoms with Crippen LogP contribution in [0.4, 0.5) is 0 Å². The molecule has 0 unspecified atom stereocenters. The number of nitrogens with zero attached hydrogens (tertiary/aromatic N) is 4. The number of amides is 1. The van der Waals surface area contributed by atoms with E-state index in [1.54, 1.807) is 13.3 Å². The van der Waals surface area contributed by atoms with Gasteiger partial charge in [0.05, 0.1) is 13.7 Å². The zero-order valence-corrected chi connectivity index (χ0v) is 17.1. The molecule has 2 N–H and O–H groups in total. The van der Waals surface area contributed by atoms with E-state index >= 15 is 0 Å². The molecule has 0 saturated heterocycles. The fraction of sp³-hybridized carbons (Fsp3) is 0.409. The zero-order valence-electron chi connectivity index (χ0n) is 17.1. The van der Waals surface area contributed by atoms with Gasteiger partial charge in [0.25, 0.3) is 5.91 Å². The van der Waals surface area contributed by atoms with Crippen LogP contribution in [0.1, 0.15) is 45.8 Å². The number of hydrogen-bond acceptors (Lipinski definition) is 5. The molecule has 1 aliphatic heterocycles. The fourth-order valence-corrected chi connectivity index (χ4v) is 4.03. The minimum absolute atomic E-state index is 0.0541. The van der Waals surface area contributed by atoms with Crippen molar-refractivity contribution in [3.63, 3.8) is 0 Å². The SMILES string of the molecule is COc1cccc(Cn2nc(C(=O)NC3CC3)c3c2CCN(Cc2ccn[nH]2)C3)c1. The molecule has 5 rings (SSSR count). The van der Waals surface area contributed by atoms with Gasteiger partial charge in [0, 0.05) is 55.2 Å². The summed E-state index contributed by atoms with van der Waals surface area (Å²) in [6.07, 6.45) is 4.75. The molecule has 3 aromatic rings. The smallest absolute Gasteiger partial charge is 0.272 e. The Hall–Kier alpha value is -3.13. The Morgan fingerprint density at radius 2 is 2.20 bits per heavy atom. The normalized spacial score (nSPS) is 16.3. The summed E-state index contributed by atoms with van der Waals surface area (Å²) in [5, 5.41) is 14.9. The summed E-state index contributed by atoms with van der Waals surface area (Å²) in [5.41, 5.74) is 4.94. The van der Waals surface area contributed by atoms with Crippen LogP contribution < -0.4 is 10.1 Å². The van der Waals surface area contributed by atoms with Crippen LogP contribution in [0.2, 0.25) is 0 Å². The van der Waals surface area contributed by atoms with Gasteiger partial charge in [-0.15, -0.1) is 0 Å². The first-order valence-corrected chi connectivity index (χ1v) is 10.4. The Kier molecular flexibility index (Phi) is 5.00. The van der Waals surface area contributed by atoms with Gasteiger partial charge in [-0.1, -0.05) is 12.1 Å². The third kappa shape index (κ3) is 3.95. The Morgan fingerprint density at radius 3 is 2.97 bits per heavy atom. The van der Waals surface area contributed by atoms with E-state index in [2.05, 4.69) is 26.5 Å². The first-order chi connectivity index (χ1) is 14.7. The summed E-state index contributed by atoms with van der Waals surface area (Å²) in [6.45, 7) is 3.03. The number of carbonyl (C=O) groups excluding carboxylic acids is 1. The number of ether oxygens (including phenoxy) is 1. The summed E-state index contributed by atoms with van der Waals surface area (Å²) in [6, 6.07) is 10.3. The van der Waals surface area contributed by atoms with Crippen molar-refractivity contribution < 1.29 is 9.53 Å². The van der Waals surface area contributed by atoms with E-state index in [-0.39, 0.29) is 5.91 Å². The van der Waals surface area contributed by atoms with Crippen molar-refractivity contribution in [3.05, 3.63) is 64.7 Å². The van der Waals surface area contributed by atoms with Crippen LogP contribution in [0.5, 0.6) is 5.75 Å². The number of nitrogens with one attached hydrogen (secondary N) is 2. The molecule has 0 atom stereocenters. The van der Waals surface area contributed by atoms with Crippen LogP contribution in [-0.2, 0) is 26.1 Å². The maximum atomic E-state index is 12.9. The molecule has 1 aliphatic carbocycles. The van der Waals surface area contributed by atoms with E-state index in [1.165, 1.54) is 0 Å². The van der Waals surface area contributed by atoms with Crippen LogP contribution in [-0.4, -0.2) is 50.5 Å². The van der Waals surface area contributed by atoms with Gasteiger partial charge >= 0.3 is 0 Å². The average Bonchev–Trinajstić information content (AvgIpc) is 3.29. The Labute approximate surface area is 175 Å².